The fraction of sp³-hybridized carbons (Fsp3) is 0.421. The van der Waals surface area contributed by atoms with Crippen LogP contribution in [0.5, 0.6) is 0 Å². The van der Waals surface area contributed by atoms with Crippen LogP contribution >= 0.6 is 11.8 Å². The lowest BCUT2D eigenvalue weighted by Crippen LogP contribution is -2.40. The molecule has 1 aliphatic heterocycles. The molecule has 1 amide bonds. The molecule has 4 rings (SSSR count). The number of amides is 1. The van der Waals surface area contributed by atoms with Crippen LogP contribution < -0.4 is 0 Å². The van der Waals surface area contributed by atoms with E-state index in [2.05, 4.69) is 39.7 Å². The summed E-state index contributed by atoms with van der Waals surface area (Å²) in [5, 5.41) is 10.5. The number of thioether (sulfide) groups is 1. The topological polar surface area (TPSA) is 50.5 Å². The number of hydrogen-bond acceptors (Lipinski definition) is 4. The number of carbonyl (C=O) groups is 1. The third-order valence-corrected chi connectivity index (χ3v) is 5.90. The standard InChI is InChI=1S/C19H22N4OS/c1-13-12-17-20-21-19(23(17)16-9-5-4-8-15(13)16)25-14(2)18(24)22-10-6-3-7-11-22/h4-5,8-9,12,14H,3,6-7,10-11H2,1-2H3/t14-/m0/s1. The number of rotatable bonds is 3. The van der Waals surface area contributed by atoms with Gasteiger partial charge in [0.15, 0.2) is 10.8 Å². The number of benzene rings is 1. The van der Waals surface area contributed by atoms with Crippen molar-refractivity contribution in [2.75, 3.05) is 13.1 Å². The largest absolute Gasteiger partial charge is 0.342 e. The van der Waals surface area contributed by atoms with Crippen molar-refractivity contribution in [1.82, 2.24) is 19.5 Å². The molecular formula is C19H22N4OS. The maximum Gasteiger partial charge on any atom is 0.235 e. The van der Waals surface area contributed by atoms with Crippen molar-refractivity contribution < 1.29 is 4.79 Å². The molecule has 6 heteroatoms. The van der Waals surface area contributed by atoms with E-state index in [1.54, 1.807) is 0 Å². The minimum atomic E-state index is -0.162. The van der Waals surface area contributed by atoms with Crippen molar-refractivity contribution >= 4 is 34.2 Å². The van der Waals surface area contributed by atoms with Gasteiger partial charge in [0.05, 0.1) is 10.8 Å². The summed E-state index contributed by atoms with van der Waals surface area (Å²) < 4.78 is 2.06. The first-order chi connectivity index (χ1) is 12.1. The van der Waals surface area contributed by atoms with Crippen LogP contribution in [0.4, 0.5) is 0 Å². The summed E-state index contributed by atoms with van der Waals surface area (Å²) in [4.78, 5) is 14.7. The van der Waals surface area contributed by atoms with Crippen LogP contribution in [-0.2, 0) is 4.79 Å². The van der Waals surface area contributed by atoms with Gasteiger partial charge in [-0.3, -0.25) is 9.20 Å². The number of piperidine rings is 1. The number of aryl methyl sites for hydroxylation is 1. The van der Waals surface area contributed by atoms with Gasteiger partial charge in [0.1, 0.15) is 0 Å². The molecule has 0 unspecified atom stereocenters. The Morgan fingerprint density at radius 3 is 2.72 bits per heavy atom. The molecule has 3 aromatic rings. The van der Waals surface area contributed by atoms with Crippen molar-refractivity contribution in [3.05, 3.63) is 35.9 Å². The highest BCUT2D eigenvalue weighted by molar-refractivity contribution is 8.00. The summed E-state index contributed by atoms with van der Waals surface area (Å²) in [5.41, 5.74) is 3.10. The average molecular weight is 354 g/mol. The van der Waals surface area contributed by atoms with Gasteiger partial charge in [0.2, 0.25) is 5.91 Å². The summed E-state index contributed by atoms with van der Waals surface area (Å²) in [6.07, 6.45) is 3.45. The zero-order valence-corrected chi connectivity index (χ0v) is 15.4. The predicted octanol–water partition coefficient (Wildman–Crippen LogP) is 3.68. The Morgan fingerprint density at radius 2 is 1.92 bits per heavy atom. The molecular weight excluding hydrogens is 332 g/mol. The average Bonchev–Trinajstić information content (AvgIpc) is 3.04. The highest BCUT2D eigenvalue weighted by Gasteiger charge is 2.25. The Hall–Kier alpha value is -2.08. The van der Waals surface area contributed by atoms with Gasteiger partial charge in [-0.25, -0.2) is 0 Å². The smallest absolute Gasteiger partial charge is 0.235 e. The van der Waals surface area contributed by atoms with Gasteiger partial charge in [-0.05, 0) is 50.8 Å². The minimum Gasteiger partial charge on any atom is -0.342 e. The van der Waals surface area contributed by atoms with Gasteiger partial charge in [-0.1, -0.05) is 30.0 Å². The van der Waals surface area contributed by atoms with E-state index in [1.165, 1.54) is 29.1 Å². The van der Waals surface area contributed by atoms with E-state index < -0.39 is 0 Å². The number of likely N-dealkylation sites (tertiary alicyclic amines) is 1. The second kappa shape index (κ2) is 6.67. The van der Waals surface area contributed by atoms with Gasteiger partial charge in [-0.2, -0.15) is 0 Å². The lowest BCUT2D eigenvalue weighted by Gasteiger charge is -2.28. The molecule has 0 spiro atoms. The molecule has 130 valence electrons. The second-order valence-corrected chi connectivity index (χ2v) is 7.97. The number of pyridine rings is 1. The first kappa shape index (κ1) is 16.4. The molecule has 25 heavy (non-hydrogen) atoms. The first-order valence-electron chi connectivity index (χ1n) is 8.84. The molecule has 0 bridgehead atoms. The van der Waals surface area contributed by atoms with E-state index in [0.29, 0.717) is 0 Å². The van der Waals surface area contributed by atoms with Crippen LogP contribution in [0.25, 0.3) is 16.6 Å². The van der Waals surface area contributed by atoms with Crippen molar-refractivity contribution in [1.29, 1.82) is 0 Å². The van der Waals surface area contributed by atoms with Crippen LogP contribution in [0.1, 0.15) is 31.7 Å². The SMILES string of the molecule is Cc1cc2nnc(S[C@@H](C)C(=O)N3CCCCC3)n2c2ccccc12. The van der Waals surface area contributed by atoms with Gasteiger partial charge in [0, 0.05) is 18.5 Å². The number of para-hydroxylation sites is 1. The van der Waals surface area contributed by atoms with Crippen molar-refractivity contribution in [2.24, 2.45) is 0 Å². The highest BCUT2D eigenvalue weighted by atomic mass is 32.2. The normalized spacial score (nSPS) is 16.5. The zero-order valence-electron chi connectivity index (χ0n) is 14.6. The van der Waals surface area contributed by atoms with Crippen molar-refractivity contribution in [3.8, 4) is 0 Å². The molecule has 5 nitrogen and oxygen atoms in total. The number of carbonyl (C=O) groups excluding carboxylic acids is 1. The molecule has 0 aliphatic carbocycles. The third-order valence-electron chi connectivity index (χ3n) is 4.87. The second-order valence-electron chi connectivity index (χ2n) is 6.67. The van der Waals surface area contributed by atoms with Gasteiger partial charge in [0.25, 0.3) is 0 Å². The van der Waals surface area contributed by atoms with Gasteiger partial charge >= 0.3 is 0 Å². The fourth-order valence-corrected chi connectivity index (χ4v) is 4.48. The Bertz CT molecular complexity index is 930. The van der Waals surface area contributed by atoms with Crippen molar-refractivity contribution in [3.63, 3.8) is 0 Å². The van der Waals surface area contributed by atoms with Gasteiger partial charge < -0.3 is 4.90 Å². The molecule has 1 aromatic carbocycles. The molecule has 2 aromatic heterocycles. The number of hydrogen-bond donors (Lipinski definition) is 0. The summed E-state index contributed by atoms with van der Waals surface area (Å²) in [5.74, 6) is 0.206. The lowest BCUT2D eigenvalue weighted by molar-refractivity contribution is -0.131. The highest BCUT2D eigenvalue weighted by Crippen LogP contribution is 2.29. The molecule has 0 N–H and O–H groups in total. The zero-order chi connectivity index (χ0) is 17.4. The van der Waals surface area contributed by atoms with E-state index in [4.69, 9.17) is 0 Å². The predicted molar refractivity (Wildman–Crippen MR) is 101 cm³/mol. The molecule has 1 fully saturated rings. The van der Waals surface area contributed by atoms with Gasteiger partial charge in [-0.15, -0.1) is 10.2 Å². The summed E-state index contributed by atoms with van der Waals surface area (Å²) in [6.45, 7) is 5.82. The Balaban J connectivity index is 1.67. The van der Waals surface area contributed by atoms with E-state index in [9.17, 15) is 4.79 Å². The minimum absolute atomic E-state index is 0.162. The molecule has 0 saturated carbocycles. The van der Waals surface area contributed by atoms with Crippen LogP contribution in [0.3, 0.4) is 0 Å². The summed E-state index contributed by atoms with van der Waals surface area (Å²) in [6, 6.07) is 10.3. The van der Waals surface area contributed by atoms with E-state index >= 15 is 0 Å². The molecule has 1 aliphatic rings. The lowest BCUT2D eigenvalue weighted by atomic mass is 10.1. The molecule has 3 heterocycles. The Morgan fingerprint density at radius 1 is 1.16 bits per heavy atom. The van der Waals surface area contributed by atoms with Crippen molar-refractivity contribution in [2.45, 2.75) is 43.5 Å². The third kappa shape index (κ3) is 2.99. The number of fused-ring (bicyclic) bond motifs is 3. The van der Waals surface area contributed by atoms with E-state index in [0.717, 1.165) is 42.3 Å². The molecule has 0 radical (unpaired) electrons. The van der Waals surface area contributed by atoms with Crippen LogP contribution in [0.2, 0.25) is 0 Å². The summed E-state index contributed by atoms with van der Waals surface area (Å²) in [7, 11) is 0. The van der Waals surface area contributed by atoms with Crippen LogP contribution in [-0.4, -0.2) is 43.7 Å². The quantitative estimate of drug-likeness (QED) is 0.673. The number of nitrogens with zero attached hydrogens (tertiary/aromatic N) is 4. The first-order valence-corrected chi connectivity index (χ1v) is 9.72. The molecule has 1 saturated heterocycles. The Kier molecular flexibility index (Phi) is 4.37. The maximum absolute atomic E-state index is 12.7. The summed E-state index contributed by atoms with van der Waals surface area (Å²) >= 11 is 1.50. The molecule has 1 atom stereocenters. The van der Waals surface area contributed by atoms with E-state index in [-0.39, 0.29) is 11.2 Å². The van der Waals surface area contributed by atoms with E-state index in [1.807, 2.05) is 24.0 Å². The maximum atomic E-state index is 12.7. The van der Waals surface area contributed by atoms with Crippen LogP contribution in [0, 0.1) is 6.92 Å². The Labute approximate surface area is 151 Å². The monoisotopic (exact) mass is 354 g/mol. The fourth-order valence-electron chi connectivity index (χ4n) is 3.53. The number of aromatic nitrogens is 3. The van der Waals surface area contributed by atoms with Crippen LogP contribution in [0.15, 0.2) is 35.5 Å².